The molecule has 9 nitrogen and oxygen atoms in total. The fourth-order valence-electron chi connectivity index (χ4n) is 3.10. The molecule has 1 aliphatic heterocycles. The van der Waals surface area contributed by atoms with E-state index in [0.717, 1.165) is 4.90 Å². The third kappa shape index (κ3) is 4.30. The van der Waals surface area contributed by atoms with Gasteiger partial charge in [-0.2, -0.15) is 0 Å². The Kier molecular flexibility index (Phi) is 6.44. The van der Waals surface area contributed by atoms with Crippen LogP contribution in [0.2, 0.25) is 0 Å². The van der Waals surface area contributed by atoms with Gasteiger partial charge in [-0.1, -0.05) is 0 Å². The number of urea groups is 1. The molecule has 3 rings (SSSR count). The first-order valence-electron chi connectivity index (χ1n) is 9.37. The van der Waals surface area contributed by atoms with Crippen molar-refractivity contribution in [3.05, 3.63) is 47.5 Å². The normalized spacial score (nSPS) is 15.0. The number of carbonyl (C=O) groups excluding carboxylic acids is 3. The van der Waals surface area contributed by atoms with E-state index in [9.17, 15) is 14.4 Å². The first-order valence-corrected chi connectivity index (χ1v) is 9.37. The zero-order valence-electron chi connectivity index (χ0n) is 17.6. The highest BCUT2D eigenvalue weighted by atomic mass is 16.5. The standard InChI is InChI=1S/C22H22N2O7/c1-5-31-15-8-6-14(7-9-15)24-21(26)16(20(25)23-22(24)27)10-13-11-17(28-2)19(30-4)18(12-13)29-3/h6-12H,5H2,1-4H3,(H,23,25,27)/b16-10-. The third-order valence-electron chi connectivity index (χ3n) is 4.51. The van der Waals surface area contributed by atoms with Gasteiger partial charge >= 0.3 is 6.03 Å². The Morgan fingerprint density at radius 2 is 1.55 bits per heavy atom. The highest BCUT2D eigenvalue weighted by Crippen LogP contribution is 2.39. The Hall–Kier alpha value is -4.01. The molecule has 0 aliphatic carbocycles. The van der Waals surface area contributed by atoms with E-state index < -0.39 is 17.8 Å². The second kappa shape index (κ2) is 9.21. The maximum absolute atomic E-state index is 13.1. The number of hydrogen-bond donors (Lipinski definition) is 1. The first kappa shape index (κ1) is 21.7. The van der Waals surface area contributed by atoms with Crippen LogP contribution in [0.5, 0.6) is 23.0 Å². The molecule has 0 saturated carbocycles. The molecule has 0 atom stereocenters. The van der Waals surface area contributed by atoms with E-state index in [1.807, 2.05) is 6.92 Å². The number of ether oxygens (including phenoxy) is 4. The van der Waals surface area contributed by atoms with E-state index in [4.69, 9.17) is 18.9 Å². The first-order chi connectivity index (χ1) is 14.9. The van der Waals surface area contributed by atoms with Gasteiger partial charge < -0.3 is 18.9 Å². The predicted molar refractivity (Wildman–Crippen MR) is 113 cm³/mol. The SMILES string of the molecule is CCOc1ccc(N2C(=O)NC(=O)/C(=C/c3cc(OC)c(OC)c(OC)c3)C2=O)cc1. The van der Waals surface area contributed by atoms with Crippen molar-refractivity contribution in [3.8, 4) is 23.0 Å². The second-order valence-electron chi connectivity index (χ2n) is 6.34. The van der Waals surface area contributed by atoms with Crippen molar-refractivity contribution in [1.29, 1.82) is 0 Å². The summed E-state index contributed by atoms with van der Waals surface area (Å²) in [4.78, 5) is 38.7. The van der Waals surface area contributed by atoms with Crippen molar-refractivity contribution in [2.24, 2.45) is 0 Å². The van der Waals surface area contributed by atoms with Gasteiger partial charge in [0.05, 0.1) is 33.6 Å². The van der Waals surface area contributed by atoms with Crippen LogP contribution in [0.3, 0.4) is 0 Å². The minimum Gasteiger partial charge on any atom is -0.494 e. The number of amides is 4. The highest BCUT2D eigenvalue weighted by Gasteiger charge is 2.37. The van der Waals surface area contributed by atoms with E-state index >= 15 is 0 Å². The number of nitrogens with one attached hydrogen (secondary N) is 1. The Morgan fingerprint density at radius 1 is 0.935 bits per heavy atom. The Morgan fingerprint density at radius 3 is 2.06 bits per heavy atom. The summed E-state index contributed by atoms with van der Waals surface area (Å²) < 4.78 is 21.3. The molecule has 9 heteroatoms. The van der Waals surface area contributed by atoms with E-state index in [-0.39, 0.29) is 5.57 Å². The van der Waals surface area contributed by atoms with Crippen molar-refractivity contribution < 1.29 is 33.3 Å². The molecule has 31 heavy (non-hydrogen) atoms. The number of carbonyl (C=O) groups is 3. The van der Waals surface area contributed by atoms with Crippen LogP contribution in [-0.2, 0) is 9.59 Å². The van der Waals surface area contributed by atoms with Gasteiger partial charge in [-0.15, -0.1) is 0 Å². The topological polar surface area (TPSA) is 103 Å². The fraction of sp³-hybridized carbons (Fsp3) is 0.227. The largest absolute Gasteiger partial charge is 0.494 e. The maximum Gasteiger partial charge on any atom is 0.335 e. The molecule has 2 aromatic carbocycles. The number of methoxy groups -OCH3 is 3. The van der Waals surface area contributed by atoms with Crippen LogP contribution in [0.4, 0.5) is 10.5 Å². The summed E-state index contributed by atoms with van der Waals surface area (Å²) in [5, 5.41) is 2.19. The van der Waals surface area contributed by atoms with Crippen molar-refractivity contribution in [2.45, 2.75) is 6.92 Å². The molecule has 1 fully saturated rings. The average molecular weight is 426 g/mol. The zero-order valence-corrected chi connectivity index (χ0v) is 17.6. The Bertz CT molecular complexity index is 1020. The lowest BCUT2D eigenvalue weighted by atomic mass is 10.1. The van der Waals surface area contributed by atoms with E-state index in [1.54, 1.807) is 36.4 Å². The molecule has 0 aromatic heterocycles. The molecule has 0 spiro atoms. The van der Waals surface area contributed by atoms with Gasteiger partial charge in [0.25, 0.3) is 11.8 Å². The summed E-state index contributed by atoms with van der Waals surface area (Å²) in [6, 6.07) is 8.75. The minimum atomic E-state index is -0.832. The van der Waals surface area contributed by atoms with E-state index in [0.29, 0.717) is 40.9 Å². The van der Waals surface area contributed by atoms with Gasteiger partial charge in [0.15, 0.2) is 11.5 Å². The molecule has 1 heterocycles. The lowest BCUT2D eigenvalue weighted by molar-refractivity contribution is -0.122. The van der Waals surface area contributed by atoms with Crippen LogP contribution in [0, 0.1) is 0 Å². The molecule has 0 bridgehead atoms. The maximum atomic E-state index is 13.1. The molecule has 0 radical (unpaired) electrons. The number of rotatable bonds is 7. The predicted octanol–water partition coefficient (Wildman–Crippen LogP) is 2.78. The van der Waals surface area contributed by atoms with Gasteiger partial charge in [-0.25, -0.2) is 9.69 Å². The molecule has 1 saturated heterocycles. The number of barbiturate groups is 1. The molecule has 4 amide bonds. The lowest BCUT2D eigenvalue weighted by Crippen LogP contribution is -2.54. The van der Waals surface area contributed by atoms with Crippen LogP contribution in [0.1, 0.15) is 12.5 Å². The summed E-state index contributed by atoms with van der Waals surface area (Å²) in [6.45, 7) is 2.33. The molecule has 1 aliphatic rings. The summed E-state index contributed by atoms with van der Waals surface area (Å²) in [7, 11) is 4.38. The molecule has 2 aromatic rings. The number of nitrogens with zero attached hydrogens (tertiary/aromatic N) is 1. The van der Waals surface area contributed by atoms with Crippen molar-refractivity contribution in [1.82, 2.24) is 5.32 Å². The summed E-state index contributed by atoms with van der Waals surface area (Å²) in [6.07, 6.45) is 1.36. The van der Waals surface area contributed by atoms with Crippen LogP contribution in [-0.4, -0.2) is 45.8 Å². The van der Waals surface area contributed by atoms with Crippen LogP contribution >= 0.6 is 0 Å². The summed E-state index contributed by atoms with van der Waals surface area (Å²) in [5.41, 5.74) is 0.533. The number of benzene rings is 2. The van der Waals surface area contributed by atoms with E-state index in [1.165, 1.54) is 27.4 Å². The van der Waals surface area contributed by atoms with Crippen LogP contribution in [0.15, 0.2) is 42.0 Å². The van der Waals surface area contributed by atoms with Gasteiger partial charge in [-0.05, 0) is 55.0 Å². The van der Waals surface area contributed by atoms with Gasteiger partial charge in [0.2, 0.25) is 5.75 Å². The molecular formula is C22H22N2O7. The number of anilines is 1. The number of imide groups is 2. The molecular weight excluding hydrogens is 404 g/mol. The summed E-state index contributed by atoms with van der Waals surface area (Å²) in [5.74, 6) is 0.129. The van der Waals surface area contributed by atoms with Crippen molar-refractivity contribution in [2.75, 3.05) is 32.8 Å². The van der Waals surface area contributed by atoms with Gasteiger partial charge in [0, 0.05) is 0 Å². The smallest absolute Gasteiger partial charge is 0.335 e. The van der Waals surface area contributed by atoms with Crippen molar-refractivity contribution >= 4 is 29.6 Å². The zero-order chi connectivity index (χ0) is 22.5. The monoisotopic (exact) mass is 426 g/mol. The summed E-state index contributed by atoms with van der Waals surface area (Å²) >= 11 is 0. The highest BCUT2D eigenvalue weighted by molar-refractivity contribution is 6.39. The Labute approximate surface area is 179 Å². The fourth-order valence-corrected chi connectivity index (χ4v) is 3.10. The molecule has 162 valence electrons. The third-order valence-corrected chi connectivity index (χ3v) is 4.51. The van der Waals surface area contributed by atoms with Crippen LogP contribution in [0.25, 0.3) is 6.08 Å². The molecule has 1 N–H and O–H groups in total. The molecule has 0 unspecified atom stereocenters. The second-order valence-corrected chi connectivity index (χ2v) is 6.34. The quantitative estimate of drug-likeness (QED) is 0.536. The minimum absolute atomic E-state index is 0.220. The van der Waals surface area contributed by atoms with E-state index in [2.05, 4.69) is 5.32 Å². The Balaban J connectivity index is 2.01. The number of hydrogen-bond acceptors (Lipinski definition) is 7. The lowest BCUT2D eigenvalue weighted by Gasteiger charge is -2.26. The van der Waals surface area contributed by atoms with Gasteiger partial charge in [0.1, 0.15) is 11.3 Å². The average Bonchev–Trinajstić information content (AvgIpc) is 2.77. The van der Waals surface area contributed by atoms with Gasteiger partial charge in [-0.3, -0.25) is 14.9 Å². The van der Waals surface area contributed by atoms with Crippen molar-refractivity contribution in [3.63, 3.8) is 0 Å². The van der Waals surface area contributed by atoms with Crippen LogP contribution < -0.4 is 29.2 Å².